The number of ether oxygens (including phenoxy) is 2. The van der Waals surface area contributed by atoms with E-state index in [9.17, 15) is 0 Å². The molecule has 1 saturated heterocycles. The van der Waals surface area contributed by atoms with Gasteiger partial charge in [-0.2, -0.15) is 0 Å². The average Bonchev–Trinajstić information content (AvgIpc) is 2.59. The Kier molecular flexibility index (Phi) is 14.9. The van der Waals surface area contributed by atoms with Crippen LogP contribution in [0.25, 0.3) is 0 Å². The van der Waals surface area contributed by atoms with Crippen LogP contribution >= 0.6 is 24.0 Å². The van der Waals surface area contributed by atoms with E-state index in [1.807, 2.05) is 7.05 Å². The van der Waals surface area contributed by atoms with Crippen molar-refractivity contribution >= 4 is 29.9 Å². The fraction of sp³-hybridized carbons (Fsp3) is 0.944. The minimum absolute atomic E-state index is 0. The standard InChI is InChI=1S/C18H38N4O2.HI/c1-6-24-17(15(2)3)7-10-20-18(19-4)21-16-8-11-22(12-9-16)13-14-23-5;/h15-17H,6-14H2,1-5H3,(H2,19,20,21);1H. The lowest BCUT2D eigenvalue weighted by Crippen LogP contribution is -2.49. The summed E-state index contributed by atoms with van der Waals surface area (Å²) >= 11 is 0. The summed E-state index contributed by atoms with van der Waals surface area (Å²) < 4.78 is 11.0. The molecule has 1 rings (SSSR count). The highest BCUT2D eigenvalue weighted by Gasteiger charge is 2.20. The van der Waals surface area contributed by atoms with Gasteiger partial charge in [-0.25, -0.2) is 0 Å². The minimum Gasteiger partial charge on any atom is -0.383 e. The second-order valence-corrected chi connectivity index (χ2v) is 6.78. The molecule has 0 amide bonds. The molecule has 0 spiro atoms. The number of likely N-dealkylation sites (tertiary alicyclic amines) is 1. The predicted molar refractivity (Wildman–Crippen MR) is 116 cm³/mol. The molecule has 0 aliphatic carbocycles. The summed E-state index contributed by atoms with van der Waals surface area (Å²) in [6.45, 7) is 12.2. The third-order valence-corrected chi connectivity index (χ3v) is 4.61. The molecule has 0 saturated carbocycles. The molecule has 1 heterocycles. The molecule has 25 heavy (non-hydrogen) atoms. The van der Waals surface area contributed by atoms with Gasteiger partial charge >= 0.3 is 0 Å². The number of aliphatic imine (C=N–C) groups is 1. The fourth-order valence-electron chi connectivity index (χ4n) is 3.07. The van der Waals surface area contributed by atoms with Crippen LogP contribution in [-0.4, -0.2) is 76.6 Å². The third kappa shape index (κ3) is 10.6. The van der Waals surface area contributed by atoms with Crippen LogP contribution in [0.5, 0.6) is 0 Å². The number of hydrogen-bond donors (Lipinski definition) is 2. The average molecular weight is 470 g/mol. The number of nitrogens with one attached hydrogen (secondary N) is 2. The molecule has 0 bridgehead atoms. The van der Waals surface area contributed by atoms with E-state index in [0.29, 0.717) is 18.1 Å². The molecule has 1 aliphatic heterocycles. The van der Waals surface area contributed by atoms with Crippen molar-refractivity contribution in [2.24, 2.45) is 10.9 Å². The summed E-state index contributed by atoms with van der Waals surface area (Å²) in [4.78, 5) is 6.82. The molecule has 7 heteroatoms. The zero-order valence-electron chi connectivity index (χ0n) is 16.7. The first-order valence-corrected chi connectivity index (χ1v) is 9.40. The van der Waals surface area contributed by atoms with Gasteiger partial charge in [0, 0.05) is 53.0 Å². The Balaban J connectivity index is 0.00000576. The maximum atomic E-state index is 5.80. The first-order valence-electron chi connectivity index (χ1n) is 9.40. The van der Waals surface area contributed by atoms with E-state index in [-0.39, 0.29) is 24.0 Å². The summed E-state index contributed by atoms with van der Waals surface area (Å²) in [5, 5.41) is 6.99. The van der Waals surface area contributed by atoms with Crippen LogP contribution in [0.4, 0.5) is 0 Å². The summed E-state index contributed by atoms with van der Waals surface area (Å²) in [7, 11) is 3.60. The van der Waals surface area contributed by atoms with Crippen molar-refractivity contribution in [2.75, 3.05) is 53.6 Å². The maximum absolute atomic E-state index is 5.80. The monoisotopic (exact) mass is 470 g/mol. The number of nitrogens with zero attached hydrogens (tertiary/aromatic N) is 2. The molecule has 0 aromatic heterocycles. The molecule has 1 unspecified atom stereocenters. The van der Waals surface area contributed by atoms with Crippen LogP contribution in [0.1, 0.15) is 40.0 Å². The normalized spacial score (nSPS) is 18.1. The highest BCUT2D eigenvalue weighted by Crippen LogP contribution is 2.11. The molecule has 1 fully saturated rings. The van der Waals surface area contributed by atoms with Gasteiger partial charge in [0.15, 0.2) is 5.96 Å². The summed E-state index contributed by atoms with van der Waals surface area (Å²) in [5.41, 5.74) is 0. The van der Waals surface area contributed by atoms with Gasteiger partial charge in [0.1, 0.15) is 0 Å². The van der Waals surface area contributed by atoms with Gasteiger partial charge in [-0.05, 0) is 32.1 Å². The number of methoxy groups -OCH3 is 1. The van der Waals surface area contributed by atoms with Crippen LogP contribution in [-0.2, 0) is 9.47 Å². The molecule has 150 valence electrons. The molecule has 0 aromatic carbocycles. The summed E-state index contributed by atoms with van der Waals surface area (Å²) in [5.74, 6) is 1.45. The van der Waals surface area contributed by atoms with E-state index in [1.165, 1.54) is 0 Å². The Morgan fingerprint density at radius 3 is 2.48 bits per heavy atom. The van der Waals surface area contributed by atoms with Crippen molar-refractivity contribution < 1.29 is 9.47 Å². The van der Waals surface area contributed by atoms with Gasteiger partial charge in [0.2, 0.25) is 0 Å². The topological polar surface area (TPSA) is 58.1 Å². The zero-order valence-corrected chi connectivity index (χ0v) is 19.0. The van der Waals surface area contributed by atoms with Gasteiger partial charge in [0.25, 0.3) is 0 Å². The number of hydrogen-bond acceptors (Lipinski definition) is 4. The molecule has 0 aromatic rings. The lowest BCUT2D eigenvalue weighted by molar-refractivity contribution is 0.0258. The van der Waals surface area contributed by atoms with E-state index in [2.05, 4.69) is 41.3 Å². The number of rotatable bonds is 10. The lowest BCUT2D eigenvalue weighted by Gasteiger charge is -2.33. The third-order valence-electron chi connectivity index (χ3n) is 4.61. The molecule has 1 atom stereocenters. The number of halogens is 1. The van der Waals surface area contributed by atoms with Gasteiger partial charge in [-0.15, -0.1) is 24.0 Å². The van der Waals surface area contributed by atoms with Gasteiger partial charge < -0.3 is 25.0 Å². The zero-order chi connectivity index (χ0) is 17.8. The minimum atomic E-state index is 0. The number of piperidine rings is 1. The molecule has 1 aliphatic rings. The summed E-state index contributed by atoms with van der Waals surface area (Å²) in [6.07, 6.45) is 3.61. The maximum Gasteiger partial charge on any atom is 0.191 e. The Morgan fingerprint density at radius 2 is 1.96 bits per heavy atom. The van der Waals surface area contributed by atoms with E-state index in [0.717, 1.165) is 64.6 Å². The smallest absolute Gasteiger partial charge is 0.191 e. The fourth-order valence-corrected chi connectivity index (χ4v) is 3.07. The molecular weight excluding hydrogens is 431 g/mol. The van der Waals surface area contributed by atoms with E-state index >= 15 is 0 Å². The van der Waals surface area contributed by atoms with Gasteiger partial charge in [-0.1, -0.05) is 13.8 Å². The van der Waals surface area contributed by atoms with Crippen molar-refractivity contribution in [2.45, 2.75) is 52.2 Å². The van der Waals surface area contributed by atoms with Crippen molar-refractivity contribution in [3.8, 4) is 0 Å². The van der Waals surface area contributed by atoms with E-state index in [4.69, 9.17) is 9.47 Å². The Morgan fingerprint density at radius 1 is 1.28 bits per heavy atom. The molecule has 0 radical (unpaired) electrons. The Labute approximate surface area is 171 Å². The second-order valence-electron chi connectivity index (χ2n) is 6.78. The van der Waals surface area contributed by atoms with Crippen LogP contribution in [0.3, 0.4) is 0 Å². The van der Waals surface area contributed by atoms with Gasteiger partial charge in [0.05, 0.1) is 12.7 Å². The van der Waals surface area contributed by atoms with Crippen LogP contribution in [0.15, 0.2) is 4.99 Å². The molecular formula is C18H39IN4O2. The van der Waals surface area contributed by atoms with Crippen molar-refractivity contribution in [3.63, 3.8) is 0 Å². The van der Waals surface area contributed by atoms with Crippen LogP contribution in [0.2, 0.25) is 0 Å². The predicted octanol–water partition coefficient (Wildman–Crippen LogP) is 2.33. The van der Waals surface area contributed by atoms with Crippen LogP contribution in [0, 0.1) is 5.92 Å². The quantitative estimate of drug-likeness (QED) is 0.292. The molecule has 6 nitrogen and oxygen atoms in total. The first-order chi connectivity index (χ1) is 11.6. The largest absolute Gasteiger partial charge is 0.383 e. The highest BCUT2D eigenvalue weighted by atomic mass is 127. The SMILES string of the molecule is CCOC(CCNC(=NC)NC1CCN(CCOC)CC1)C(C)C.I. The second kappa shape index (κ2) is 15.0. The highest BCUT2D eigenvalue weighted by molar-refractivity contribution is 14.0. The number of guanidine groups is 1. The Hall–Kier alpha value is -0.120. The Bertz CT molecular complexity index is 348. The first kappa shape index (κ1) is 24.9. The lowest BCUT2D eigenvalue weighted by atomic mass is 10.0. The van der Waals surface area contributed by atoms with Crippen molar-refractivity contribution in [1.29, 1.82) is 0 Å². The van der Waals surface area contributed by atoms with Crippen molar-refractivity contribution in [3.05, 3.63) is 0 Å². The van der Waals surface area contributed by atoms with E-state index < -0.39 is 0 Å². The summed E-state index contributed by atoms with van der Waals surface area (Å²) in [6, 6.07) is 0.503. The molecule has 2 N–H and O–H groups in total. The van der Waals surface area contributed by atoms with Gasteiger partial charge in [-0.3, -0.25) is 4.99 Å². The van der Waals surface area contributed by atoms with Crippen molar-refractivity contribution in [1.82, 2.24) is 15.5 Å². The van der Waals surface area contributed by atoms with Crippen LogP contribution < -0.4 is 10.6 Å². The van der Waals surface area contributed by atoms with E-state index in [1.54, 1.807) is 7.11 Å².